The van der Waals surface area contributed by atoms with E-state index in [0.29, 0.717) is 0 Å². The van der Waals surface area contributed by atoms with E-state index in [1.54, 1.807) is 0 Å². The summed E-state index contributed by atoms with van der Waals surface area (Å²) in [5.41, 5.74) is 2.82. The summed E-state index contributed by atoms with van der Waals surface area (Å²) >= 11 is 0. The minimum Gasteiger partial charge on any atom is -0.378 e. The van der Waals surface area contributed by atoms with Gasteiger partial charge in [0.2, 0.25) is 0 Å². The minimum atomic E-state index is 0.761. The standard InChI is InChI=1S/C12H22O/c1-5-13-10-9-12(4)8-6-7-11(2)3/h7,9H,5-6,8,10H2,1-4H3/b12-9-. The first-order chi connectivity index (χ1) is 6.16. The Balaban J connectivity index is 3.55. The van der Waals surface area contributed by atoms with Crippen molar-refractivity contribution >= 4 is 0 Å². The number of hydrogen-bond donors (Lipinski definition) is 0. The lowest BCUT2D eigenvalue weighted by molar-refractivity contribution is 0.177. The van der Waals surface area contributed by atoms with E-state index in [4.69, 9.17) is 4.74 Å². The Bertz CT molecular complexity index is 174. The van der Waals surface area contributed by atoms with Crippen LogP contribution in [-0.2, 0) is 4.74 Å². The average molecular weight is 182 g/mol. The fraction of sp³-hybridized carbons (Fsp3) is 0.667. The minimum absolute atomic E-state index is 0.761. The highest BCUT2D eigenvalue weighted by Gasteiger charge is 1.88. The number of rotatable bonds is 6. The molecule has 1 nitrogen and oxygen atoms in total. The molecule has 0 rings (SSSR count). The van der Waals surface area contributed by atoms with Crippen LogP contribution in [0.3, 0.4) is 0 Å². The van der Waals surface area contributed by atoms with Crippen LogP contribution in [-0.4, -0.2) is 13.2 Å². The normalized spacial score (nSPS) is 11.5. The van der Waals surface area contributed by atoms with Gasteiger partial charge in [0.25, 0.3) is 0 Å². The fourth-order valence-corrected chi connectivity index (χ4v) is 1.01. The molecule has 0 radical (unpaired) electrons. The lowest BCUT2D eigenvalue weighted by Gasteiger charge is -1.99. The summed E-state index contributed by atoms with van der Waals surface area (Å²) < 4.78 is 5.24. The zero-order valence-electron chi connectivity index (χ0n) is 9.39. The molecule has 0 aromatic heterocycles. The zero-order valence-corrected chi connectivity index (χ0v) is 9.39. The summed E-state index contributed by atoms with van der Waals surface area (Å²) in [6.45, 7) is 10.0. The summed E-state index contributed by atoms with van der Waals surface area (Å²) in [6, 6.07) is 0. The molecule has 1 heteroatoms. The van der Waals surface area contributed by atoms with Gasteiger partial charge in [0.1, 0.15) is 0 Å². The van der Waals surface area contributed by atoms with Crippen molar-refractivity contribution in [2.24, 2.45) is 0 Å². The highest BCUT2D eigenvalue weighted by atomic mass is 16.5. The highest BCUT2D eigenvalue weighted by molar-refractivity contribution is 5.02. The second-order valence-corrected chi connectivity index (χ2v) is 3.53. The number of hydrogen-bond acceptors (Lipinski definition) is 1. The molecule has 0 N–H and O–H groups in total. The van der Waals surface area contributed by atoms with E-state index in [9.17, 15) is 0 Å². The Morgan fingerprint density at radius 2 is 1.85 bits per heavy atom. The molecule has 0 aliphatic carbocycles. The van der Waals surface area contributed by atoms with Crippen LogP contribution >= 0.6 is 0 Å². The van der Waals surface area contributed by atoms with Crippen molar-refractivity contribution < 1.29 is 4.74 Å². The summed E-state index contributed by atoms with van der Waals surface area (Å²) in [4.78, 5) is 0. The van der Waals surface area contributed by atoms with Crippen molar-refractivity contribution in [3.05, 3.63) is 23.3 Å². The van der Waals surface area contributed by atoms with Gasteiger partial charge in [0.15, 0.2) is 0 Å². The van der Waals surface area contributed by atoms with E-state index < -0.39 is 0 Å². The van der Waals surface area contributed by atoms with Crippen molar-refractivity contribution in [1.29, 1.82) is 0 Å². The van der Waals surface area contributed by atoms with E-state index in [2.05, 4.69) is 32.9 Å². The Hall–Kier alpha value is -0.560. The summed E-state index contributed by atoms with van der Waals surface area (Å²) in [5, 5.41) is 0. The van der Waals surface area contributed by atoms with Gasteiger partial charge < -0.3 is 4.74 Å². The third-order valence-corrected chi connectivity index (χ3v) is 1.85. The lowest BCUT2D eigenvalue weighted by Crippen LogP contribution is -1.90. The smallest absolute Gasteiger partial charge is 0.0649 e. The molecule has 0 saturated heterocycles. The first-order valence-corrected chi connectivity index (χ1v) is 5.03. The second kappa shape index (κ2) is 8.06. The molecule has 0 aliphatic heterocycles. The molecule has 0 aromatic rings. The highest BCUT2D eigenvalue weighted by Crippen LogP contribution is 2.06. The first-order valence-electron chi connectivity index (χ1n) is 5.03. The van der Waals surface area contributed by atoms with Gasteiger partial charge in [0, 0.05) is 6.61 Å². The van der Waals surface area contributed by atoms with Crippen molar-refractivity contribution in [3.63, 3.8) is 0 Å². The maximum atomic E-state index is 5.24. The maximum absolute atomic E-state index is 5.24. The van der Waals surface area contributed by atoms with Gasteiger partial charge in [-0.1, -0.05) is 23.3 Å². The van der Waals surface area contributed by atoms with Gasteiger partial charge in [-0.25, -0.2) is 0 Å². The van der Waals surface area contributed by atoms with Crippen LogP contribution in [0.25, 0.3) is 0 Å². The zero-order chi connectivity index (χ0) is 10.1. The molecule has 0 saturated carbocycles. The molecule has 0 amide bonds. The van der Waals surface area contributed by atoms with Gasteiger partial charge in [-0.15, -0.1) is 0 Å². The van der Waals surface area contributed by atoms with Crippen LogP contribution in [0.2, 0.25) is 0 Å². The van der Waals surface area contributed by atoms with Crippen LogP contribution in [0.4, 0.5) is 0 Å². The molecule has 0 spiro atoms. The third-order valence-electron chi connectivity index (χ3n) is 1.85. The molecule has 76 valence electrons. The Kier molecular flexibility index (Phi) is 7.71. The van der Waals surface area contributed by atoms with E-state index in [-0.39, 0.29) is 0 Å². The molecule has 0 aromatic carbocycles. The number of ether oxygens (including phenoxy) is 1. The summed E-state index contributed by atoms with van der Waals surface area (Å²) in [7, 11) is 0. The van der Waals surface area contributed by atoms with Crippen molar-refractivity contribution in [2.45, 2.75) is 40.5 Å². The van der Waals surface area contributed by atoms with Crippen molar-refractivity contribution in [3.8, 4) is 0 Å². The Morgan fingerprint density at radius 1 is 1.15 bits per heavy atom. The predicted octanol–water partition coefficient (Wildman–Crippen LogP) is 3.72. The van der Waals surface area contributed by atoms with Crippen LogP contribution in [0.1, 0.15) is 40.5 Å². The van der Waals surface area contributed by atoms with E-state index in [1.807, 2.05) is 6.92 Å². The first kappa shape index (κ1) is 12.4. The molecule has 0 atom stereocenters. The molecular weight excluding hydrogens is 160 g/mol. The quantitative estimate of drug-likeness (QED) is 0.449. The van der Waals surface area contributed by atoms with E-state index in [1.165, 1.54) is 11.1 Å². The lowest BCUT2D eigenvalue weighted by atomic mass is 10.1. The largest absolute Gasteiger partial charge is 0.378 e. The van der Waals surface area contributed by atoms with Crippen LogP contribution in [0, 0.1) is 0 Å². The molecule has 0 unspecified atom stereocenters. The molecule has 0 aliphatic rings. The van der Waals surface area contributed by atoms with Gasteiger partial charge >= 0.3 is 0 Å². The summed E-state index contributed by atoms with van der Waals surface area (Å²) in [6.07, 6.45) is 6.75. The molecule has 0 heterocycles. The monoisotopic (exact) mass is 182 g/mol. The van der Waals surface area contributed by atoms with E-state index in [0.717, 1.165) is 26.1 Å². The van der Waals surface area contributed by atoms with Crippen molar-refractivity contribution in [2.75, 3.05) is 13.2 Å². The summed E-state index contributed by atoms with van der Waals surface area (Å²) in [5.74, 6) is 0. The third kappa shape index (κ3) is 9.35. The van der Waals surface area contributed by atoms with Crippen LogP contribution in [0.5, 0.6) is 0 Å². The van der Waals surface area contributed by atoms with Gasteiger partial charge in [0.05, 0.1) is 6.61 Å². The van der Waals surface area contributed by atoms with Crippen molar-refractivity contribution in [1.82, 2.24) is 0 Å². The molecule has 13 heavy (non-hydrogen) atoms. The molecule has 0 fully saturated rings. The SMILES string of the molecule is CCOC/C=C(/C)CCC=C(C)C. The second-order valence-electron chi connectivity index (χ2n) is 3.53. The van der Waals surface area contributed by atoms with Crippen LogP contribution < -0.4 is 0 Å². The van der Waals surface area contributed by atoms with E-state index >= 15 is 0 Å². The molecule has 0 bridgehead atoms. The van der Waals surface area contributed by atoms with Gasteiger partial charge in [-0.05, 0) is 40.5 Å². The predicted molar refractivity (Wildman–Crippen MR) is 58.9 cm³/mol. The maximum Gasteiger partial charge on any atom is 0.0649 e. The molecular formula is C12H22O. The topological polar surface area (TPSA) is 9.23 Å². The Morgan fingerprint density at radius 3 is 2.38 bits per heavy atom. The number of allylic oxidation sites excluding steroid dienone is 3. The van der Waals surface area contributed by atoms with Gasteiger partial charge in [-0.2, -0.15) is 0 Å². The van der Waals surface area contributed by atoms with Crippen LogP contribution in [0.15, 0.2) is 23.3 Å². The van der Waals surface area contributed by atoms with Gasteiger partial charge in [-0.3, -0.25) is 0 Å². The fourth-order valence-electron chi connectivity index (χ4n) is 1.01. The average Bonchev–Trinajstić information content (AvgIpc) is 2.04. The Labute approximate surface area is 82.5 Å².